The van der Waals surface area contributed by atoms with Gasteiger partial charge in [0.15, 0.2) is 0 Å². The molecule has 10 heavy (non-hydrogen) atoms. The SMILES string of the molecule is Cc1c(Br)c[c]c(Br)c1Cl. The van der Waals surface area contributed by atoms with Gasteiger partial charge in [-0.05, 0) is 40.5 Å². The molecule has 0 unspecified atom stereocenters. The first-order valence-corrected chi connectivity index (χ1v) is 4.61. The van der Waals surface area contributed by atoms with Crippen molar-refractivity contribution in [3.63, 3.8) is 0 Å². The first-order valence-electron chi connectivity index (χ1n) is 2.64. The van der Waals surface area contributed by atoms with Gasteiger partial charge in [-0.25, -0.2) is 0 Å². The summed E-state index contributed by atoms with van der Waals surface area (Å²) in [5.74, 6) is 0. The molecule has 0 saturated heterocycles. The molecule has 0 nitrogen and oxygen atoms in total. The van der Waals surface area contributed by atoms with E-state index in [0.717, 1.165) is 19.5 Å². The van der Waals surface area contributed by atoms with E-state index in [2.05, 4.69) is 37.9 Å². The van der Waals surface area contributed by atoms with E-state index in [1.165, 1.54) is 0 Å². The molecular formula is C7H4Br2Cl. The fraction of sp³-hybridized carbons (Fsp3) is 0.143. The Kier molecular flexibility index (Phi) is 2.78. The highest BCUT2D eigenvalue weighted by atomic mass is 79.9. The average molecular weight is 283 g/mol. The van der Waals surface area contributed by atoms with Crippen molar-refractivity contribution in [3.05, 3.63) is 31.7 Å². The number of rotatable bonds is 0. The molecule has 53 valence electrons. The van der Waals surface area contributed by atoms with Crippen LogP contribution in [0, 0.1) is 13.0 Å². The minimum Gasteiger partial charge on any atom is -0.0827 e. The van der Waals surface area contributed by atoms with Crippen LogP contribution in [0.3, 0.4) is 0 Å². The first-order chi connectivity index (χ1) is 4.63. The first kappa shape index (κ1) is 8.57. The number of hydrogen-bond acceptors (Lipinski definition) is 0. The zero-order chi connectivity index (χ0) is 7.72. The van der Waals surface area contributed by atoms with Gasteiger partial charge in [-0.1, -0.05) is 27.5 Å². The normalized spacial score (nSPS) is 10.0. The quantitative estimate of drug-likeness (QED) is 0.632. The van der Waals surface area contributed by atoms with Crippen molar-refractivity contribution in [1.82, 2.24) is 0 Å². The molecule has 0 bridgehead atoms. The van der Waals surface area contributed by atoms with Crippen molar-refractivity contribution in [3.8, 4) is 0 Å². The Labute approximate surface area is 81.8 Å². The van der Waals surface area contributed by atoms with Gasteiger partial charge in [0.2, 0.25) is 0 Å². The maximum absolute atomic E-state index is 5.87. The Morgan fingerprint density at radius 3 is 2.60 bits per heavy atom. The average Bonchev–Trinajstić information content (AvgIpc) is 1.93. The minimum atomic E-state index is 0.717. The molecular weight excluding hydrogens is 279 g/mol. The van der Waals surface area contributed by atoms with Crippen LogP contribution in [0.25, 0.3) is 0 Å². The molecule has 0 spiro atoms. The summed E-state index contributed by atoms with van der Waals surface area (Å²) in [6.07, 6.45) is 0. The summed E-state index contributed by atoms with van der Waals surface area (Å²) >= 11 is 12.5. The summed E-state index contributed by atoms with van der Waals surface area (Å²) in [5.41, 5.74) is 1.03. The van der Waals surface area contributed by atoms with Crippen LogP contribution in [0.15, 0.2) is 15.0 Å². The lowest BCUT2D eigenvalue weighted by Gasteiger charge is -2.00. The summed E-state index contributed by atoms with van der Waals surface area (Å²) in [6.45, 7) is 1.95. The van der Waals surface area contributed by atoms with E-state index in [4.69, 9.17) is 11.6 Å². The molecule has 1 rings (SSSR count). The second-order valence-electron chi connectivity index (χ2n) is 1.89. The monoisotopic (exact) mass is 281 g/mol. The fourth-order valence-corrected chi connectivity index (χ4v) is 1.56. The topological polar surface area (TPSA) is 0 Å². The molecule has 0 aliphatic carbocycles. The second kappa shape index (κ2) is 3.24. The minimum absolute atomic E-state index is 0.717. The lowest BCUT2D eigenvalue weighted by molar-refractivity contribution is 1.41. The maximum atomic E-state index is 5.87. The molecule has 0 atom stereocenters. The van der Waals surface area contributed by atoms with Crippen molar-refractivity contribution in [2.75, 3.05) is 0 Å². The molecule has 0 aliphatic heterocycles. The van der Waals surface area contributed by atoms with Gasteiger partial charge >= 0.3 is 0 Å². The van der Waals surface area contributed by atoms with Gasteiger partial charge in [-0.15, -0.1) is 0 Å². The summed E-state index contributed by atoms with van der Waals surface area (Å²) in [6, 6.07) is 4.79. The predicted molar refractivity (Wildman–Crippen MR) is 50.4 cm³/mol. The Balaban J connectivity index is 3.34. The molecule has 0 amide bonds. The third-order valence-corrected chi connectivity index (χ3v) is 3.36. The van der Waals surface area contributed by atoms with Gasteiger partial charge in [-0.3, -0.25) is 0 Å². The molecule has 0 aliphatic rings. The van der Waals surface area contributed by atoms with Crippen LogP contribution in [0.5, 0.6) is 0 Å². The molecule has 0 heterocycles. The number of hydrogen-bond donors (Lipinski definition) is 0. The van der Waals surface area contributed by atoms with E-state index in [-0.39, 0.29) is 0 Å². The highest BCUT2D eigenvalue weighted by molar-refractivity contribution is 9.11. The summed E-state index contributed by atoms with van der Waals surface area (Å²) in [5, 5.41) is 0.717. The zero-order valence-electron chi connectivity index (χ0n) is 5.21. The highest BCUT2D eigenvalue weighted by Gasteiger charge is 2.02. The third-order valence-electron chi connectivity index (χ3n) is 1.21. The Bertz CT molecular complexity index is 231. The smallest absolute Gasteiger partial charge is 0.0594 e. The Hall–Kier alpha value is 0.470. The molecule has 0 N–H and O–H groups in total. The van der Waals surface area contributed by atoms with Gasteiger partial charge in [0.05, 0.1) is 5.02 Å². The molecule has 0 saturated carbocycles. The lowest BCUT2D eigenvalue weighted by atomic mass is 10.2. The van der Waals surface area contributed by atoms with E-state index in [0.29, 0.717) is 0 Å². The molecule has 1 aromatic rings. The van der Waals surface area contributed by atoms with Crippen LogP contribution in [0.2, 0.25) is 5.02 Å². The van der Waals surface area contributed by atoms with E-state index in [9.17, 15) is 0 Å². The van der Waals surface area contributed by atoms with Crippen molar-refractivity contribution in [2.24, 2.45) is 0 Å². The Morgan fingerprint density at radius 1 is 1.50 bits per heavy atom. The van der Waals surface area contributed by atoms with Crippen LogP contribution in [0.4, 0.5) is 0 Å². The van der Waals surface area contributed by atoms with E-state index in [1.54, 1.807) is 0 Å². The van der Waals surface area contributed by atoms with Crippen LogP contribution < -0.4 is 0 Å². The van der Waals surface area contributed by atoms with Gasteiger partial charge < -0.3 is 0 Å². The standard InChI is InChI=1S/C7H4Br2Cl/c1-4-5(8)2-3-6(9)7(4)10/h2H,1H3. The zero-order valence-corrected chi connectivity index (χ0v) is 9.14. The van der Waals surface area contributed by atoms with Gasteiger partial charge in [0, 0.05) is 8.95 Å². The van der Waals surface area contributed by atoms with Gasteiger partial charge in [-0.2, -0.15) is 0 Å². The summed E-state index contributed by atoms with van der Waals surface area (Å²) < 4.78 is 1.80. The molecule has 0 fully saturated rings. The van der Waals surface area contributed by atoms with E-state index in [1.807, 2.05) is 13.0 Å². The molecule has 0 aromatic heterocycles. The van der Waals surface area contributed by atoms with Crippen LogP contribution in [0.1, 0.15) is 5.56 Å². The maximum Gasteiger partial charge on any atom is 0.0594 e. The molecule has 1 radical (unpaired) electrons. The highest BCUT2D eigenvalue weighted by Crippen LogP contribution is 2.30. The van der Waals surface area contributed by atoms with Gasteiger partial charge in [0.25, 0.3) is 0 Å². The third kappa shape index (κ3) is 1.55. The lowest BCUT2D eigenvalue weighted by Crippen LogP contribution is -1.78. The Morgan fingerprint density at radius 2 is 2.10 bits per heavy atom. The van der Waals surface area contributed by atoms with Crippen LogP contribution in [-0.4, -0.2) is 0 Å². The molecule has 3 heteroatoms. The van der Waals surface area contributed by atoms with Crippen LogP contribution in [-0.2, 0) is 0 Å². The van der Waals surface area contributed by atoms with Crippen LogP contribution >= 0.6 is 43.5 Å². The van der Waals surface area contributed by atoms with Gasteiger partial charge in [0.1, 0.15) is 0 Å². The van der Waals surface area contributed by atoms with E-state index < -0.39 is 0 Å². The van der Waals surface area contributed by atoms with Crippen molar-refractivity contribution in [2.45, 2.75) is 6.92 Å². The van der Waals surface area contributed by atoms with Crippen molar-refractivity contribution in [1.29, 1.82) is 0 Å². The molecule has 1 aromatic carbocycles. The summed E-state index contributed by atoms with van der Waals surface area (Å²) in [4.78, 5) is 0. The predicted octanol–water partition coefficient (Wildman–Crippen LogP) is 3.97. The summed E-state index contributed by atoms with van der Waals surface area (Å²) in [7, 11) is 0. The van der Waals surface area contributed by atoms with Crippen molar-refractivity contribution < 1.29 is 0 Å². The second-order valence-corrected chi connectivity index (χ2v) is 3.91. The largest absolute Gasteiger partial charge is 0.0827 e. The fourth-order valence-electron chi connectivity index (χ4n) is 0.568. The number of benzene rings is 1. The van der Waals surface area contributed by atoms with Crippen molar-refractivity contribution >= 4 is 43.5 Å². The number of halogens is 3. The van der Waals surface area contributed by atoms with E-state index >= 15 is 0 Å².